The zero-order valence-electron chi connectivity index (χ0n) is 20.1. The van der Waals surface area contributed by atoms with Gasteiger partial charge in [-0.3, -0.25) is 14.4 Å². The molecule has 33 heavy (non-hydrogen) atoms. The highest BCUT2D eigenvalue weighted by Crippen LogP contribution is 2.70. The van der Waals surface area contributed by atoms with Crippen LogP contribution in [0.15, 0.2) is 23.8 Å². The topological polar surface area (TPSA) is 99.1 Å². The smallest absolute Gasteiger partial charge is 0.303 e. The van der Waals surface area contributed by atoms with Crippen LogP contribution in [0.1, 0.15) is 60.3 Å². The summed E-state index contributed by atoms with van der Waals surface area (Å²) < 4.78 is 17.9. The Balaban J connectivity index is 1.56. The summed E-state index contributed by atoms with van der Waals surface area (Å²) in [6, 6.07) is 0. The molecule has 180 valence electrons. The fraction of sp³-hybridized carbons (Fsp3) is 0.731. The predicted molar refractivity (Wildman–Crippen MR) is 118 cm³/mol. The van der Waals surface area contributed by atoms with Gasteiger partial charge in [-0.05, 0) is 63.5 Å². The molecule has 1 aliphatic heterocycles. The average Bonchev–Trinajstić information content (AvgIpc) is 3.12. The van der Waals surface area contributed by atoms with Crippen molar-refractivity contribution < 1.29 is 33.7 Å². The first-order valence-electron chi connectivity index (χ1n) is 12.0. The molecule has 5 rings (SSSR count). The van der Waals surface area contributed by atoms with Crippen molar-refractivity contribution in [3.63, 3.8) is 0 Å². The minimum Gasteiger partial charge on any atom is -0.458 e. The number of carbonyl (C=O) groups excluding carboxylic acids is 3. The monoisotopic (exact) mass is 458 g/mol. The number of aliphatic hydroxyl groups excluding tert-OH is 1. The Bertz CT molecular complexity index is 979. The van der Waals surface area contributed by atoms with E-state index in [4.69, 9.17) is 14.2 Å². The highest BCUT2D eigenvalue weighted by Gasteiger charge is 2.76. The zero-order valence-corrected chi connectivity index (χ0v) is 20.1. The second kappa shape index (κ2) is 7.09. The Morgan fingerprint density at radius 3 is 2.67 bits per heavy atom. The molecule has 3 saturated carbocycles. The molecule has 0 amide bonds. The van der Waals surface area contributed by atoms with Crippen molar-refractivity contribution in [2.45, 2.75) is 83.9 Å². The summed E-state index contributed by atoms with van der Waals surface area (Å²) in [5, 5.41) is 11.6. The van der Waals surface area contributed by atoms with Crippen molar-refractivity contribution in [3.05, 3.63) is 23.8 Å². The molecular weight excluding hydrogens is 424 g/mol. The number of fused-ring (bicyclic) bond motifs is 7. The van der Waals surface area contributed by atoms with Gasteiger partial charge in [0, 0.05) is 23.7 Å². The van der Waals surface area contributed by atoms with Crippen molar-refractivity contribution in [2.75, 3.05) is 6.61 Å². The molecule has 1 N–H and O–H groups in total. The number of esters is 1. The Morgan fingerprint density at radius 1 is 1.24 bits per heavy atom. The molecule has 7 heteroatoms. The summed E-state index contributed by atoms with van der Waals surface area (Å²) in [4.78, 5) is 37.1. The zero-order chi connectivity index (χ0) is 24.0. The summed E-state index contributed by atoms with van der Waals surface area (Å²) >= 11 is 0. The predicted octanol–water partition coefficient (Wildman–Crippen LogP) is 2.90. The molecule has 0 aromatic heterocycles. The van der Waals surface area contributed by atoms with Crippen LogP contribution in [0, 0.1) is 28.6 Å². The van der Waals surface area contributed by atoms with Gasteiger partial charge in [0.1, 0.15) is 0 Å². The molecule has 0 aromatic carbocycles. The van der Waals surface area contributed by atoms with E-state index in [9.17, 15) is 19.5 Å². The summed E-state index contributed by atoms with van der Waals surface area (Å²) in [7, 11) is 0. The van der Waals surface area contributed by atoms with Gasteiger partial charge in [0.2, 0.25) is 5.78 Å². The normalized spacial score (nSPS) is 47.2. The highest BCUT2D eigenvalue weighted by atomic mass is 16.8. The number of ether oxygens (including phenoxy) is 3. The second-order valence-electron chi connectivity index (χ2n) is 11.5. The Labute approximate surface area is 194 Å². The lowest BCUT2D eigenvalue weighted by Gasteiger charge is -2.59. The molecule has 0 spiro atoms. The van der Waals surface area contributed by atoms with Crippen LogP contribution >= 0.6 is 0 Å². The molecule has 4 fully saturated rings. The molecule has 8 atom stereocenters. The van der Waals surface area contributed by atoms with Crippen LogP contribution in [0.3, 0.4) is 0 Å². The molecule has 7 nitrogen and oxygen atoms in total. The SMILES string of the molecule is CC(=O)OCC(=O)[C@@]12OC(C)(C)O[C@@H]1CC1C3CCC4=CC(=O)C=CC4(C)[C@H]3C(O)CC12C. The highest BCUT2D eigenvalue weighted by molar-refractivity contribution is 6.01. The molecule has 1 heterocycles. The average molecular weight is 459 g/mol. The van der Waals surface area contributed by atoms with Gasteiger partial charge in [-0.25, -0.2) is 0 Å². The van der Waals surface area contributed by atoms with Crippen LogP contribution in [0.2, 0.25) is 0 Å². The number of rotatable bonds is 3. The fourth-order valence-electron chi connectivity index (χ4n) is 8.20. The van der Waals surface area contributed by atoms with Crippen molar-refractivity contribution in [2.24, 2.45) is 28.6 Å². The third kappa shape index (κ3) is 3.01. The number of Topliss-reactive ketones (excluding diaryl/α,β-unsaturated/α-hetero) is 1. The maximum absolute atomic E-state index is 13.7. The lowest BCUT2D eigenvalue weighted by molar-refractivity contribution is -0.225. The van der Waals surface area contributed by atoms with Gasteiger partial charge in [0.05, 0.1) is 12.2 Å². The van der Waals surface area contributed by atoms with Crippen LogP contribution < -0.4 is 0 Å². The van der Waals surface area contributed by atoms with E-state index in [1.165, 1.54) is 6.92 Å². The van der Waals surface area contributed by atoms with E-state index in [1.54, 1.807) is 26.0 Å². The Hall–Kier alpha value is -1.83. The van der Waals surface area contributed by atoms with Crippen LogP contribution in [0.4, 0.5) is 0 Å². The molecule has 1 saturated heterocycles. The summed E-state index contributed by atoms with van der Waals surface area (Å²) in [5.41, 5.74) is -1.25. The van der Waals surface area contributed by atoms with Crippen LogP contribution in [-0.2, 0) is 28.6 Å². The number of hydrogen-bond acceptors (Lipinski definition) is 7. The number of aliphatic hydroxyl groups is 1. The molecule has 5 aliphatic rings. The molecule has 4 aliphatic carbocycles. The fourth-order valence-corrected chi connectivity index (χ4v) is 8.20. The standard InChI is InChI=1S/C26H34O7/c1-14(27)31-13-20(30)26-21(32-23(2,3)33-26)11-18-17-7-6-15-10-16(28)8-9-24(15,4)22(17)19(29)12-25(18,26)5/h8-10,17-19,21-22,29H,6-7,11-13H2,1-5H3/t17?,18?,19?,21-,22-,24?,25?,26-/m1/s1. The van der Waals surface area contributed by atoms with Crippen molar-refractivity contribution in [1.82, 2.24) is 0 Å². The van der Waals surface area contributed by atoms with Crippen LogP contribution in [0.5, 0.6) is 0 Å². The van der Waals surface area contributed by atoms with Crippen LogP contribution in [-0.4, -0.2) is 52.8 Å². The maximum Gasteiger partial charge on any atom is 0.303 e. The first-order chi connectivity index (χ1) is 15.3. The third-order valence-corrected chi connectivity index (χ3v) is 9.31. The van der Waals surface area contributed by atoms with E-state index in [-0.39, 0.29) is 41.3 Å². The molecule has 0 radical (unpaired) electrons. The van der Waals surface area contributed by atoms with Gasteiger partial charge in [-0.1, -0.05) is 25.5 Å². The summed E-state index contributed by atoms with van der Waals surface area (Å²) in [6.07, 6.45) is 6.85. The number of ketones is 2. The lowest BCUT2D eigenvalue weighted by atomic mass is 9.46. The number of allylic oxidation sites excluding steroid dienone is 4. The van der Waals surface area contributed by atoms with E-state index in [2.05, 4.69) is 6.92 Å². The van der Waals surface area contributed by atoms with Crippen LogP contribution in [0.25, 0.3) is 0 Å². The van der Waals surface area contributed by atoms with Gasteiger partial charge in [-0.15, -0.1) is 0 Å². The molecular formula is C26H34O7. The van der Waals surface area contributed by atoms with Gasteiger partial charge in [-0.2, -0.15) is 0 Å². The van der Waals surface area contributed by atoms with Gasteiger partial charge >= 0.3 is 5.97 Å². The minimum atomic E-state index is -1.28. The molecule has 5 unspecified atom stereocenters. The van der Waals surface area contributed by atoms with E-state index in [1.807, 2.05) is 13.0 Å². The first kappa shape index (κ1) is 22.9. The van der Waals surface area contributed by atoms with Crippen molar-refractivity contribution in [1.29, 1.82) is 0 Å². The first-order valence-corrected chi connectivity index (χ1v) is 12.0. The minimum absolute atomic E-state index is 0.00510. The summed E-state index contributed by atoms with van der Waals surface area (Å²) in [5.74, 6) is -1.56. The van der Waals surface area contributed by atoms with Gasteiger partial charge in [0.25, 0.3) is 0 Å². The van der Waals surface area contributed by atoms with E-state index < -0.39 is 35.0 Å². The quantitative estimate of drug-likeness (QED) is 0.649. The Kier molecular flexibility index (Phi) is 4.93. The number of hydrogen-bond donors (Lipinski definition) is 1. The second-order valence-corrected chi connectivity index (χ2v) is 11.5. The summed E-state index contributed by atoms with van der Waals surface area (Å²) in [6.45, 7) is 8.68. The molecule has 0 bridgehead atoms. The van der Waals surface area contributed by atoms with Crippen molar-refractivity contribution in [3.8, 4) is 0 Å². The van der Waals surface area contributed by atoms with E-state index >= 15 is 0 Å². The Morgan fingerprint density at radius 2 is 1.97 bits per heavy atom. The lowest BCUT2D eigenvalue weighted by Crippen LogP contribution is -2.64. The van der Waals surface area contributed by atoms with Gasteiger partial charge in [0.15, 0.2) is 23.8 Å². The largest absolute Gasteiger partial charge is 0.458 e. The molecule has 0 aromatic rings. The number of carbonyl (C=O) groups is 3. The van der Waals surface area contributed by atoms with Gasteiger partial charge < -0.3 is 19.3 Å². The maximum atomic E-state index is 13.7. The van der Waals surface area contributed by atoms with E-state index in [0.717, 1.165) is 18.4 Å². The van der Waals surface area contributed by atoms with Crippen molar-refractivity contribution >= 4 is 17.5 Å². The third-order valence-electron chi connectivity index (χ3n) is 9.31. The van der Waals surface area contributed by atoms with E-state index in [0.29, 0.717) is 12.8 Å².